The number of benzene rings is 2. The van der Waals surface area contributed by atoms with E-state index in [0.717, 1.165) is 15.6 Å². The molecule has 21 heavy (non-hydrogen) atoms. The van der Waals surface area contributed by atoms with E-state index >= 15 is 0 Å². The second kappa shape index (κ2) is 5.94. The minimum Gasteiger partial charge on any atom is -0.380 e. The van der Waals surface area contributed by atoms with Crippen molar-refractivity contribution >= 4 is 15.9 Å². The molecule has 112 valence electrons. The van der Waals surface area contributed by atoms with Crippen molar-refractivity contribution in [2.45, 2.75) is 45.1 Å². The summed E-state index contributed by atoms with van der Waals surface area (Å²) in [5.41, 5.74) is 2.32. The first kappa shape index (κ1) is 16.3. The smallest absolute Gasteiger partial charge is 0.114 e. The highest BCUT2D eigenvalue weighted by atomic mass is 79.9. The quantitative estimate of drug-likeness (QED) is 0.789. The number of aliphatic hydroxyl groups is 1. The molecule has 2 aromatic rings. The van der Waals surface area contributed by atoms with Gasteiger partial charge in [0.05, 0.1) is 0 Å². The highest BCUT2D eigenvalue weighted by molar-refractivity contribution is 9.10. The second-order valence-corrected chi connectivity index (χ2v) is 7.47. The van der Waals surface area contributed by atoms with Crippen LogP contribution in [-0.2, 0) is 11.0 Å². The van der Waals surface area contributed by atoms with E-state index in [1.807, 2.05) is 43.3 Å². The number of hydrogen-bond acceptors (Lipinski definition) is 1. The zero-order valence-electron chi connectivity index (χ0n) is 13.2. The van der Waals surface area contributed by atoms with Crippen molar-refractivity contribution in [2.75, 3.05) is 0 Å². The molecule has 0 saturated carbocycles. The Labute approximate surface area is 136 Å². The van der Waals surface area contributed by atoms with Gasteiger partial charge in [0.15, 0.2) is 0 Å². The van der Waals surface area contributed by atoms with Crippen molar-refractivity contribution in [3.8, 4) is 0 Å². The molecule has 0 bridgehead atoms. The van der Waals surface area contributed by atoms with Crippen LogP contribution in [0.15, 0.2) is 53.0 Å². The third-order valence-electron chi connectivity index (χ3n) is 4.04. The summed E-state index contributed by atoms with van der Waals surface area (Å²) in [6, 6.07) is 16.2. The van der Waals surface area contributed by atoms with Gasteiger partial charge in [-0.3, -0.25) is 0 Å². The van der Waals surface area contributed by atoms with Crippen LogP contribution in [-0.4, -0.2) is 5.11 Å². The van der Waals surface area contributed by atoms with Crippen LogP contribution in [0.25, 0.3) is 0 Å². The lowest BCUT2D eigenvalue weighted by atomic mass is 9.81. The van der Waals surface area contributed by atoms with Crippen molar-refractivity contribution in [1.82, 2.24) is 0 Å². The fourth-order valence-corrected chi connectivity index (χ4v) is 2.97. The summed E-state index contributed by atoms with van der Waals surface area (Å²) in [5, 5.41) is 11.2. The fourth-order valence-electron chi connectivity index (χ4n) is 2.57. The maximum absolute atomic E-state index is 11.2. The second-order valence-electron chi connectivity index (χ2n) is 6.55. The van der Waals surface area contributed by atoms with E-state index in [1.54, 1.807) is 0 Å². The largest absolute Gasteiger partial charge is 0.380 e. The first-order chi connectivity index (χ1) is 9.77. The van der Waals surface area contributed by atoms with Crippen LogP contribution in [0.2, 0.25) is 0 Å². The molecule has 0 amide bonds. The molecule has 1 unspecified atom stereocenters. The minimum atomic E-state index is -0.944. The molecule has 2 heteroatoms. The van der Waals surface area contributed by atoms with Crippen LogP contribution in [0.1, 0.15) is 50.8 Å². The average molecular weight is 347 g/mol. The zero-order chi connectivity index (χ0) is 15.7. The Bertz CT molecular complexity index is 610. The van der Waals surface area contributed by atoms with Crippen LogP contribution in [0.3, 0.4) is 0 Å². The molecule has 1 atom stereocenters. The summed E-state index contributed by atoms with van der Waals surface area (Å²) >= 11 is 3.48. The van der Waals surface area contributed by atoms with E-state index in [9.17, 15) is 5.11 Å². The normalized spacial score (nSPS) is 14.8. The van der Waals surface area contributed by atoms with Gasteiger partial charge in [-0.1, -0.05) is 80.0 Å². The Morgan fingerprint density at radius 3 is 1.95 bits per heavy atom. The molecular weight excluding hydrogens is 324 g/mol. The molecule has 1 nitrogen and oxygen atoms in total. The molecule has 0 saturated heterocycles. The van der Waals surface area contributed by atoms with Crippen molar-refractivity contribution in [3.63, 3.8) is 0 Å². The van der Waals surface area contributed by atoms with Crippen molar-refractivity contribution < 1.29 is 5.11 Å². The van der Waals surface area contributed by atoms with E-state index < -0.39 is 5.60 Å². The Morgan fingerprint density at radius 1 is 0.905 bits per heavy atom. The molecule has 0 aliphatic carbocycles. The Hall–Kier alpha value is -1.12. The van der Waals surface area contributed by atoms with Gasteiger partial charge in [0.25, 0.3) is 0 Å². The first-order valence-corrected chi connectivity index (χ1v) is 8.16. The first-order valence-electron chi connectivity index (χ1n) is 7.37. The molecule has 2 aromatic carbocycles. The summed E-state index contributed by atoms with van der Waals surface area (Å²) in [4.78, 5) is 0. The maximum atomic E-state index is 11.2. The third kappa shape index (κ3) is 3.38. The van der Waals surface area contributed by atoms with Crippen LogP contribution < -0.4 is 0 Å². The van der Waals surface area contributed by atoms with Gasteiger partial charge < -0.3 is 5.11 Å². The maximum Gasteiger partial charge on any atom is 0.114 e. The van der Waals surface area contributed by atoms with Crippen LogP contribution in [0.4, 0.5) is 0 Å². The van der Waals surface area contributed by atoms with Crippen LogP contribution in [0, 0.1) is 0 Å². The van der Waals surface area contributed by atoms with Gasteiger partial charge >= 0.3 is 0 Å². The predicted molar refractivity (Wildman–Crippen MR) is 92.6 cm³/mol. The highest BCUT2D eigenvalue weighted by Gasteiger charge is 2.30. The van der Waals surface area contributed by atoms with Crippen molar-refractivity contribution in [1.29, 1.82) is 0 Å². The number of halogens is 1. The summed E-state index contributed by atoms with van der Waals surface area (Å²) in [5.74, 6) is 0. The summed E-state index contributed by atoms with van der Waals surface area (Å²) < 4.78 is 0.984. The van der Waals surface area contributed by atoms with E-state index in [-0.39, 0.29) is 5.41 Å². The molecule has 0 spiro atoms. The summed E-state index contributed by atoms with van der Waals surface area (Å²) in [7, 11) is 0. The molecule has 0 fully saturated rings. The number of hydrogen-bond donors (Lipinski definition) is 1. The SMILES string of the molecule is CCC(O)(c1ccc(C(C)(C)C)cc1)c1cccc(Br)c1. The lowest BCUT2D eigenvalue weighted by Crippen LogP contribution is -2.26. The summed E-state index contributed by atoms with van der Waals surface area (Å²) in [6.07, 6.45) is 0.637. The van der Waals surface area contributed by atoms with Gasteiger partial charge in [0.2, 0.25) is 0 Å². The standard InChI is InChI=1S/C19H23BrO/c1-5-19(21,16-7-6-8-17(20)13-16)15-11-9-14(10-12-15)18(2,3)4/h6-13,21H,5H2,1-4H3. The molecule has 0 aliphatic rings. The molecule has 0 radical (unpaired) electrons. The van der Waals surface area contributed by atoms with E-state index in [2.05, 4.69) is 48.8 Å². The predicted octanol–water partition coefficient (Wildman–Crippen LogP) is 5.39. The highest BCUT2D eigenvalue weighted by Crippen LogP contribution is 2.35. The van der Waals surface area contributed by atoms with Gasteiger partial charge in [-0.15, -0.1) is 0 Å². The third-order valence-corrected chi connectivity index (χ3v) is 4.54. The minimum absolute atomic E-state index is 0.124. The van der Waals surface area contributed by atoms with Crippen LogP contribution in [0.5, 0.6) is 0 Å². The lowest BCUT2D eigenvalue weighted by Gasteiger charge is -2.29. The summed E-state index contributed by atoms with van der Waals surface area (Å²) in [6.45, 7) is 8.60. The Balaban J connectivity index is 2.46. The molecule has 1 N–H and O–H groups in total. The van der Waals surface area contributed by atoms with Gasteiger partial charge in [0.1, 0.15) is 5.60 Å². The monoisotopic (exact) mass is 346 g/mol. The molecule has 0 aromatic heterocycles. The fraction of sp³-hybridized carbons (Fsp3) is 0.368. The molecule has 2 rings (SSSR count). The van der Waals surface area contributed by atoms with E-state index in [1.165, 1.54) is 5.56 Å². The Morgan fingerprint density at radius 2 is 1.48 bits per heavy atom. The molecule has 0 heterocycles. The average Bonchev–Trinajstić information content (AvgIpc) is 2.45. The Kier molecular flexibility index (Phi) is 4.60. The van der Waals surface area contributed by atoms with Gasteiger partial charge in [-0.2, -0.15) is 0 Å². The van der Waals surface area contributed by atoms with Gasteiger partial charge in [0, 0.05) is 4.47 Å². The van der Waals surface area contributed by atoms with E-state index in [0.29, 0.717) is 6.42 Å². The molecule has 0 aliphatic heterocycles. The number of rotatable bonds is 3. The van der Waals surface area contributed by atoms with Crippen LogP contribution >= 0.6 is 15.9 Å². The van der Waals surface area contributed by atoms with Crippen molar-refractivity contribution in [2.24, 2.45) is 0 Å². The van der Waals surface area contributed by atoms with E-state index in [4.69, 9.17) is 0 Å². The zero-order valence-corrected chi connectivity index (χ0v) is 14.7. The van der Waals surface area contributed by atoms with Crippen molar-refractivity contribution in [3.05, 3.63) is 69.7 Å². The molecular formula is C19H23BrO. The van der Waals surface area contributed by atoms with Gasteiger partial charge in [-0.05, 0) is 40.7 Å². The topological polar surface area (TPSA) is 20.2 Å². The lowest BCUT2D eigenvalue weighted by molar-refractivity contribution is 0.0764. The van der Waals surface area contributed by atoms with Gasteiger partial charge in [-0.25, -0.2) is 0 Å².